The number of carbonyl (C=O) groups is 2. The first kappa shape index (κ1) is 21.6. The van der Waals surface area contributed by atoms with Crippen molar-refractivity contribution in [2.24, 2.45) is 5.92 Å². The third-order valence-electron chi connectivity index (χ3n) is 6.21. The van der Waals surface area contributed by atoms with E-state index in [1.165, 1.54) is 24.0 Å². The number of hydrogen-bond acceptors (Lipinski definition) is 4. The lowest BCUT2D eigenvalue weighted by atomic mass is 10.1. The number of benzene rings is 1. The molecular formula is C23H35N3O3. The van der Waals surface area contributed by atoms with Gasteiger partial charge in [-0.1, -0.05) is 18.9 Å². The van der Waals surface area contributed by atoms with Gasteiger partial charge in [0.15, 0.2) is 0 Å². The summed E-state index contributed by atoms with van der Waals surface area (Å²) in [5.74, 6) is 1.46. The molecule has 6 nitrogen and oxygen atoms in total. The largest absolute Gasteiger partial charge is 0.493 e. The van der Waals surface area contributed by atoms with Crippen molar-refractivity contribution >= 4 is 11.8 Å². The highest BCUT2D eigenvalue weighted by Crippen LogP contribution is 2.26. The zero-order valence-corrected chi connectivity index (χ0v) is 17.9. The Morgan fingerprint density at radius 3 is 2.48 bits per heavy atom. The molecule has 1 aliphatic heterocycles. The third kappa shape index (κ3) is 6.46. The number of nitrogens with zero attached hydrogens (tertiary/aromatic N) is 2. The predicted molar refractivity (Wildman–Crippen MR) is 114 cm³/mol. The van der Waals surface area contributed by atoms with Crippen LogP contribution in [-0.4, -0.2) is 67.5 Å². The minimum Gasteiger partial charge on any atom is -0.493 e. The number of carbonyl (C=O) groups excluding carboxylic acids is 2. The lowest BCUT2D eigenvalue weighted by molar-refractivity contribution is -0.137. The van der Waals surface area contributed by atoms with Crippen LogP contribution in [0.15, 0.2) is 18.2 Å². The van der Waals surface area contributed by atoms with E-state index in [0.29, 0.717) is 25.5 Å². The molecule has 1 aromatic carbocycles. The van der Waals surface area contributed by atoms with Crippen LogP contribution in [0.5, 0.6) is 5.75 Å². The molecule has 2 amide bonds. The van der Waals surface area contributed by atoms with Gasteiger partial charge in [-0.3, -0.25) is 14.5 Å². The summed E-state index contributed by atoms with van der Waals surface area (Å²) in [5.41, 5.74) is 2.43. The average molecular weight is 402 g/mol. The summed E-state index contributed by atoms with van der Waals surface area (Å²) in [6.07, 6.45) is 4.89. The first-order chi connectivity index (χ1) is 14.0. The molecule has 1 saturated carbocycles. The molecular weight excluding hydrogens is 366 g/mol. The Morgan fingerprint density at radius 2 is 1.79 bits per heavy atom. The maximum absolute atomic E-state index is 12.5. The number of aryl methyl sites for hydroxylation is 2. The fourth-order valence-corrected chi connectivity index (χ4v) is 4.13. The van der Waals surface area contributed by atoms with E-state index in [1.807, 2.05) is 23.1 Å². The van der Waals surface area contributed by atoms with Crippen molar-refractivity contribution in [1.82, 2.24) is 15.1 Å². The second-order valence-corrected chi connectivity index (χ2v) is 8.34. The fraction of sp³-hybridized carbons (Fsp3) is 0.652. The Bertz CT molecular complexity index is 693. The lowest BCUT2D eigenvalue weighted by Crippen LogP contribution is -2.51. The van der Waals surface area contributed by atoms with Gasteiger partial charge in [-0.25, -0.2) is 0 Å². The van der Waals surface area contributed by atoms with E-state index in [-0.39, 0.29) is 11.8 Å². The van der Waals surface area contributed by atoms with Crippen molar-refractivity contribution in [3.63, 3.8) is 0 Å². The van der Waals surface area contributed by atoms with Gasteiger partial charge in [0.1, 0.15) is 5.75 Å². The maximum Gasteiger partial charge on any atom is 0.225 e. The molecule has 0 atom stereocenters. The first-order valence-electron chi connectivity index (χ1n) is 11.0. The molecule has 0 spiro atoms. The van der Waals surface area contributed by atoms with Crippen molar-refractivity contribution in [1.29, 1.82) is 0 Å². The number of hydrogen-bond donors (Lipinski definition) is 1. The van der Waals surface area contributed by atoms with Crippen LogP contribution >= 0.6 is 0 Å². The normalized spacial score (nSPS) is 18.1. The molecule has 0 aromatic heterocycles. The Labute approximate surface area is 174 Å². The minimum absolute atomic E-state index is 0.0175. The van der Waals surface area contributed by atoms with Crippen molar-refractivity contribution in [2.45, 2.75) is 46.0 Å². The van der Waals surface area contributed by atoms with E-state index < -0.39 is 0 Å². The maximum atomic E-state index is 12.5. The van der Waals surface area contributed by atoms with Crippen molar-refractivity contribution < 1.29 is 14.3 Å². The topological polar surface area (TPSA) is 61.9 Å². The Kier molecular flexibility index (Phi) is 7.92. The van der Waals surface area contributed by atoms with E-state index in [1.54, 1.807) is 0 Å². The van der Waals surface area contributed by atoms with Gasteiger partial charge in [0, 0.05) is 45.2 Å². The molecule has 160 valence electrons. The second kappa shape index (κ2) is 10.6. The van der Waals surface area contributed by atoms with Gasteiger partial charge in [0.2, 0.25) is 11.8 Å². The van der Waals surface area contributed by atoms with Crippen LogP contribution in [0.2, 0.25) is 0 Å². The SMILES string of the molecule is Cc1ccc(OCCC(=O)NCCN2CCN(C(=O)C3CCCC3)CC2)cc1C. The zero-order valence-electron chi connectivity index (χ0n) is 17.9. The number of nitrogens with one attached hydrogen (secondary N) is 1. The molecule has 3 rings (SSSR count). The van der Waals surface area contributed by atoms with Gasteiger partial charge in [-0.15, -0.1) is 0 Å². The predicted octanol–water partition coefficient (Wildman–Crippen LogP) is 2.52. The van der Waals surface area contributed by atoms with Crippen molar-refractivity contribution in [3.05, 3.63) is 29.3 Å². The first-order valence-corrected chi connectivity index (χ1v) is 11.0. The van der Waals surface area contributed by atoms with Crippen LogP contribution in [-0.2, 0) is 9.59 Å². The molecule has 1 heterocycles. The highest BCUT2D eigenvalue weighted by atomic mass is 16.5. The zero-order chi connectivity index (χ0) is 20.6. The van der Waals surface area contributed by atoms with Crippen molar-refractivity contribution in [3.8, 4) is 5.75 Å². The van der Waals surface area contributed by atoms with Gasteiger partial charge in [0.25, 0.3) is 0 Å². The monoisotopic (exact) mass is 401 g/mol. The molecule has 0 bridgehead atoms. The average Bonchev–Trinajstić information content (AvgIpc) is 3.25. The Morgan fingerprint density at radius 1 is 1.07 bits per heavy atom. The standard InChI is InChI=1S/C23H35N3O3/c1-18-7-8-21(17-19(18)2)29-16-9-22(27)24-10-11-25-12-14-26(15-13-25)23(28)20-5-3-4-6-20/h7-8,17,20H,3-6,9-16H2,1-2H3,(H,24,27). The smallest absolute Gasteiger partial charge is 0.225 e. The fourth-order valence-electron chi connectivity index (χ4n) is 4.13. The van der Waals surface area contributed by atoms with Crippen LogP contribution < -0.4 is 10.1 Å². The van der Waals surface area contributed by atoms with Gasteiger partial charge in [-0.05, 0) is 49.9 Å². The molecule has 1 saturated heterocycles. The van der Waals surface area contributed by atoms with Crippen LogP contribution in [0.3, 0.4) is 0 Å². The molecule has 6 heteroatoms. The molecule has 0 unspecified atom stereocenters. The van der Waals surface area contributed by atoms with E-state index in [2.05, 4.69) is 24.1 Å². The van der Waals surface area contributed by atoms with E-state index in [4.69, 9.17) is 4.74 Å². The molecule has 1 N–H and O–H groups in total. The lowest BCUT2D eigenvalue weighted by Gasteiger charge is -2.36. The summed E-state index contributed by atoms with van der Waals surface area (Å²) in [4.78, 5) is 28.9. The van der Waals surface area contributed by atoms with E-state index >= 15 is 0 Å². The number of piperazine rings is 1. The summed E-state index contributed by atoms with van der Waals surface area (Å²) in [6, 6.07) is 5.98. The second-order valence-electron chi connectivity index (χ2n) is 8.34. The highest BCUT2D eigenvalue weighted by molar-refractivity contribution is 5.79. The van der Waals surface area contributed by atoms with Crippen LogP contribution in [0.1, 0.15) is 43.2 Å². The van der Waals surface area contributed by atoms with Crippen LogP contribution in [0, 0.1) is 19.8 Å². The summed E-state index contributed by atoms with van der Waals surface area (Å²) in [7, 11) is 0. The Balaban J connectivity index is 1.26. The molecule has 1 aliphatic carbocycles. The number of ether oxygens (including phenoxy) is 1. The molecule has 2 aliphatic rings. The van der Waals surface area contributed by atoms with Gasteiger partial charge in [0.05, 0.1) is 13.0 Å². The van der Waals surface area contributed by atoms with Gasteiger partial charge in [-0.2, -0.15) is 0 Å². The summed E-state index contributed by atoms with van der Waals surface area (Å²) < 4.78 is 5.68. The quantitative estimate of drug-likeness (QED) is 0.727. The summed E-state index contributed by atoms with van der Waals surface area (Å²) >= 11 is 0. The van der Waals surface area contributed by atoms with E-state index in [0.717, 1.165) is 51.3 Å². The minimum atomic E-state index is 0.0175. The van der Waals surface area contributed by atoms with Gasteiger partial charge >= 0.3 is 0 Å². The van der Waals surface area contributed by atoms with Crippen LogP contribution in [0.4, 0.5) is 0 Å². The molecule has 2 fully saturated rings. The highest BCUT2D eigenvalue weighted by Gasteiger charge is 2.29. The third-order valence-corrected chi connectivity index (χ3v) is 6.21. The molecule has 1 aromatic rings. The van der Waals surface area contributed by atoms with Crippen LogP contribution in [0.25, 0.3) is 0 Å². The molecule has 0 radical (unpaired) electrons. The van der Waals surface area contributed by atoms with Crippen molar-refractivity contribution in [2.75, 3.05) is 45.9 Å². The number of amides is 2. The molecule has 29 heavy (non-hydrogen) atoms. The Hall–Kier alpha value is -2.08. The van der Waals surface area contributed by atoms with E-state index in [9.17, 15) is 9.59 Å². The van der Waals surface area contributed by atoms with Gasteiger partial charge < -0.3 is 15.0 Å². The summed E-state index contributed by atoms with van der Waals surface area (Å²) in [6.45, 7) is 9.39. The summed E-state index contributed by atoms with van der Waals surface area (Å²) in [5, 5.41) is 2.97. The number of rotatable bonds is 8.